The molecule has 0 aromatic carbocycles. The van der Waals surface area contributed by atoms with Crippen molar-refractivity contribution in [2.75, 3.05) is 34.3 Å². The van der Waals surface area contributed by atoms with E-state index < -0.39 is 23.7 Å². The number of hydrogen-bond acceptors (Lipinski definition) is 7. The standard InChI is InChI=1S/C22H26N4O5/c1-12-15(13(2)24-17(12)22(30)31-5)19(27)16-18(14-8-6-7-9-23-14)26(11-10-25(3)4)21(29)20(16)28/h6-9,18,24,27H,10-11H2,1-5H3. The Hall–Kier alpha value is -3.46. The van der Waals surface area contributed by atoms with Gasteiger partial charge in [-0.25, -0.2) is 4.79 Å². The van der Waals surface area contributed by atoms with Crippen LogP contribution in [0.3, 0.4) is 0 Å². The van der Waals surface area contributed by atoms with Gasteiger partial charge >= 0.3 is 5.97 Å². The first-order valence-corrected chi connectivity index (χ1v) is 9.80. The molecule has 2 aromatic heterocycles. The van der Waals surface area contributed by atoms with E-state index in [9.17, 15) is 19.5 Å². The second-order valence-electron chi connectivity index (χ2n) is 7.67. The van der Waals surface area contributed by atoms with Crippen LogP contribution in [0.5, 0.6) is 0 Å². The minimum absolute atomic E-state index is 0.0518. The number of aliphatic hydroxyl groups is 1. The van der Waals surface area contributed by atoms with Gasteiger partial charge in [0.25, 0.3) is 11.7 Å². The summed E-state index contributed by atoms with van der Waals surface area (Å²) in [4.78, 5) is 48.5. The molecule has 1 aliphatic rings. The molecule has 0 spiro atoms. The number of carbonyl (C=O) groups excluding carboxylic acids is 3. The predicted octanol–water partition coefficient (Wildman–Crippen LogP) is 1.80. The maximum absolute atomic E-state index is 13.0. The van der Waals surface area contributed by atoms with Gasteiger partial charge in [-0.3, -0.25) is 14.6 Å². The van der Waals surface area contributed by atoms with Gasteiger partial charge in [-0.15, -0.1) is 0 Å². The zero-order chi connectivity index (χ0) is 22.9. The van der Waals surface area contributed by atoms with Gasteiger partial charge in [0, 0.05) is 30.5 Å². The largest absolute Gasteiger partial charge is 0.507 e. The van der Waals surface area contributed by atoms with Gasteiger partial charge in [-0.1, -0.05) is 6.07 Å². The lowest BCUT2D eigenvalue weighted by Gasteiger charge is -2.25. The number of likely N-dealkylation sites (tertiary alicyclic amines) is 1. The first kappa shape index (κ1) is 22.2. The number of amides is 1. The molecule has 3 heterocycles. The average Bonchev–Trinajstić information content (AvgIpc) is 3.18. The van der Waals surface area contributed by atoms with E-state index in [2.05, 4.69) is 9.97 Å². The van der Waals surface area contributed by atoms with Crippen LogP contribution in [-0.4, -0.2) is 76.8 Å². The summed E-state index contributed by atoms with van der Waals surface area (Å²) in [6.07, 6.45) is 1.57. The van der Waals surface area contributed by atoms with Gasteiger partial charge in [0.2, 0.25) is 0 Å². The summed E-state index contributed by atoms with van der Waals surface area (Å²) in [5.41, 5.74) is 1.81. The van der Waals surface area contributed by atoms with E-state index in [4.69, 9.17) is 4.74 Å². The highest BCUT2D eigenvalue weighted by atomic mass is 16.5. The van der Waals surface area contributed by atoms with Gasteiger partial charge < -0.3 is 24.6 Å². The van der Waals surface area contributed by atoms with Crippen LogP contribution in [0.2, 0.25) is 0 Å². The Kier molecular flexibility index (Phi) is 6.26. The first-order valence-electron chi connectivity index (χ1n) is 9.80. The molecule has 0 aliphatic carbocycles. The van der Waals surface area contributed by atoms with Crippen LogP contribution in [0.15, 0.2) is 30.0 Å². The number of hydrogen-bond donors (Lipinski definition) is 2. The van der Waals surface area contributed by atoms with Crippen LogP contribution in [0.1, 0.15) is 39.0 Å². The highest BCUT2D eigenvalue weighted by molar-refractivity contribution is 6.46. The fourth-order valence-electron chi connectivity index (χ4n) is 3.81. The summed E-state index contributed by atoms with van der Waals surface area (Å²) in [5.74, 6) is -2.42. The molecule has 1 saturated heterocycles. The van der Waals surface area contributed by atoms with Crippen LogP contribution in [0, 0.1) is 13.8 Å². The van der Waals surface area contributed by atoms with Crippen molar-refractivity contribution in [3.05, 3.63) is 58.2 Å². The van der Waals surface area contributed by atoms with Crippen LogP contribution in [-0.2, 0) is 14.3 Å². The third-order valence-electron chi connectivity index (χ3n) is 5.36. The van der Waals surface area contributed by atoms with Crippen LogP contribution in [0.25, 0.3) is 5.76 Å². The van der Waals surface area contributed by atoms with Crippen molar-refractivity contribution in [3.63, 3.8) is 0 Å². The maximum Gasteiger partial charge on any atom is 0.354 e. The van der Waals surface area contributed by atoms with Crippen molar-refractivity contribution in [2.24, 2.45) is 0 Å². The smallest absolute Gasteiger partial charge is 0.354 e. The number of nitrogens with zero attached hydrogens (tertiary/aromatic N) is 3. The summed E-state index contributed by atoms with van der Waals surface area (Å²) in [7, 11) is 5.00. The van der Waals surface area contributed by atoms with Crippen LogP contribution >= 0.6 is 0 Å². The van der Waals surface area contributed by atoms with Crippen molar-refractivity contribution >= 4 is 23.4 Å². The lowest BCUT2D eigenvalue weighted by Crippen LogP contribution is -2.35. The van der Waals surface area contributed by atoms with Gasteiger partial charge in [0.05, 0.1) is 18.4 Å². The summed E-state index contributed by atoms with van der Waals surface area (Å²) in [6, 6.07) is 4.37. The molecule has 31 heavy (non-hydrogen) atoms. The van der Waals surface area contributed by atoms with Gasteiger partial charge in [-0.05, 0) is 45.6 Å². The molecule has 0 radical (unpaired) electrons. The van der Waals surface area contributed by atoms with E-state index in [-0.39, 0.29) is 23.6 Å². The van der Waals surface area contributed by atoms with E-state index in [0.29, 0.717) is 29.1 Å². The lowest BCUT2D eigenvalue weighted by molar-refractivity contribution is -0.140. The normalized spacial score (nSPS) is 18.1. The van der Waals surface area contributed by atoms with E-state index in [1.54, 1.807) is 38.2 Å². The molecular formula is C22H26N4O5. The molecule has 9 heteroatoms. The molecule has 0 bridgehead atoms. The fourth-order valence-corrected chi connectivity index (χ4v) is 3.81. The Balaban J connectivity index is 2.20. The number of rotatable bonds is 6. The van der Waals surface area contributed by atoms with Crippen molar-refractivity contribution < 1.29 is 24.2 Å². The van der Waals surface area contributed by atoms with Crippen molar-refractivity contribution in [3.8, 4) is 0 Å². The third-order valence-corrected chi connectivity index (χ3v) is 5.36. The van der Waals surface area contributed by atoms with E-state index in [1.165, 1.54) is 12.0 Å². The second-order valence-corrected chi connectivity index (χ2v) is 7.67. The molecule has 164 valence electrons. The Morgan fingerprint density at radius 2 is 2.00 bits per heavy atom. The van der Waals surface area contributed by atoms with Crippen molar-refractivity contribution in [1.82, 2.24) is 19.8 Å². The molecule has 9 nitrogen and oxygen atoms in total. The van der Waals surface area contributed by atoms with E-state index >= 15 is 0 Å². The van der Waals surface area contributed by atoms with Gasteiger partial charge in [0.15, 0.2) is 0 Å². The number of likely N-dealkylation sites (N-methyl/N-ethyl adjacent to an activating group) is 1. The fraction of sp³-hybridized carbons (Fsp3) is 0.364. The molecular weight excluding hydrogens is 400 g/mol. The predicted molar refractivity (Wildman–Crippen MR) is 113 cm³/mol. The Labute approximate surface area is 180 Å². The lowest BCUT2D eigenvalue weighted by atomic mass is 9.96. The monoisotopic (exact) mass is 426 g/mol. The summed E-state index contributed by atoms with van der Waals surface area (Å²) in [5, 5.41) is 11.2. The SMILES string of the molecule is COC(=O)c1[nH]c(C)c(C(O)=C2C(=O)C(=O)N(CCN(C)C)C2c2ccccn2)c1C. The first-order chi connectivity index (χ1) is 14.7. The topological polar surface area (TPSA) is 116 Å². The van der Waals surface area contributed by atoms with E-state index in [1.807, 2.05) is 19.0 Å². The number of aryl methyl sites for hydroxylation is 1. The number of esters is 1. The van der Waals surface area contributed by atoms with Crippen molar-refractivity contribution in [1.29, 1.82) is 0 Å². The maximum atomic E-state index is 13.0. The number of ketones is 1. The quantitative estimate of drug-likeness (QED) is 0.313. The molecule has 2 aromatic rings. The molecule has 1 aliphatic heterocycles. The number of carbonyl (C=O) groups is 3. The van der Waals surface area contributed by atoms with Crippen LogP contribution < -0.4 is 0 Å². The zero-order valence-corrected chi connectivity index (χ0v) is 18.2. The number of aromatic amines is 1. The summed E-state index contributed by atoms with van der Waals surface area (Å²) in [6.45, 7) is 4.13. The number of methoxy groups -OCH3 is 1. The molecule has 1 fully saturated rings. The molecule has 2 N–H and O–H groups in total. The minimum atomic E-state index is -0.837. The summed E-state index contributed by atoms with van der Waals surface area (Å²) >= 11 is 0. The summed E-state index contributed by atoms with van der Waals surface area (Å²) < 4.78 is 4.78. The Morgan fingerprint density at radius 3 is 2.58 bits per heavy atom. The second kappa shape index (κ2) is 8.73. The molecule has 0 saturated carbocycles. The van der Waals surface area contributed by atoms with Gasteiger partial charge in [-0.2, -0.15) is 0 Å². The number of Topliss-reactive ketones (excluding diaryl/α,β-unsaturated/α-hetero) is 1. The zero-order valence-electron chi connectivity index (χ0n) is 18.2. The Bertz CT molecular complexity index is 1060. The highest BCUT2D eigenvalue weighted by Gasteiger charge is 2.47. The molecule has 1 unspecified atom stereocenters. The number of nitrogens with one attached hydrogen (secondary N) is 1. The number of aliphatic hydroxyl groups excluding tert-OH is 1. The molecule has 3 rings (SSSR count). The number of H-pyrrole nitrogens is 1. The van der Waals surface area contributed by atoms with Crippen molar-refractivity contribution in [2.45, 2.75) is 19.9 Å². The third kappa shape index (κ3) is 3.96. The van der Waals surface area contributed by atoms with Crippen LogP contribution in [0.4, 0.5) is 0 Å². The molecule has 1 amide bonds. The van der Waals surface area contributed by atoms with Gasteiger partial charge in [0.1, 0.15) is 17.5 Å². The highest BCUT2D eigenvalue weighted by Crippen LogP contribution is 2.40. The minimum Gasteiger partial charge on any atom is -0.507 e. The number of pyridine rings is 1. The average molecular weight is 426 g/mol. The number of aromatic nitrogens is 2. The Morgan fingerprint density at radius 1 is 1.29 bits per heavy atom. The van der Waals surface area contributed by atoms with E-state index in [0.717, 1.165) is 0 Å². The number of ether oxygens (including phenoxy) is 1. The molecule has 1 atom stereocenters.